The number of hydrogen-bond donors (Lipinski definition) is 2. The van der Waals surface area contributed by atoms with E-state index in [1.165, 1.54) is 16.7 Å². The van der Waals surface area contributed by atoms with E-state index < -0.39 is 0 Å². The van der Waals surface area contributed by atoms with Gasteiger partial charge in [-0.05, 0) is 31.0 Å². The van der Waals surface area contributed by atoms with Gasteiger partial charge < -0.3 is 4.42 Å². The highest BCUT2D eigenvalue weighted by Crippen LogP contribution is 2.28. The van der Waals surface area contributed by atoms with Crippen LogP contribution in [-0.4, -0.2) is 0 Å². The van der Waals surface area contributed by atoms with Gasteiger partial charge in [0, 0.05) is 12.0 Å². The van der Waals surface area contributed by atoms with Crippen molar-refractivity contribution >= 4 is 0 Å². The van der Waals surface area contributed by atoms with Crippen LogP contribution in [-0.2, 0) is 6.42 Å². The summed E-state index contributed by atoms with van der Waals surface area (Å²) in [4.78, 5) is 0. The lowest BCUT2D eigenvalue weighted by Crippen LogP contribution is -2.29. The van der Waals surface area contributed by atoms with Gasteiger partial charge in [-0.15, -0.1) is 0 Å². The summed E-state index contributed by atoms with van der Waals surface area (Å²) in [5.41, 5.74) is 7.69. The molecule has 1 unspecified atom stereocenters. The Morgan fingerprint density at radius 2 is 2.00 bits per heavy atom. The largest absolute Gasteiger partial charge is 0.469 e. The van der Waals surface area contributed by atoms with Gasteiger partial charge >= 0.3 is 0 Å². The van der Waals surface area contributed by atoms with Gasteiger partial charge in [-0.2, -0.15) is 0 Å². The molecular formula is C15H20N2O. The molecule has 1 aromatic heterocycles. The van der Waals surface area contributed by atoms with E-state index >= 15 is 0 Å². The molecule has 3 heteroatoms. The lowest BCUT2D eigenvalue weighted by Gasteiger charge is -2.19. The van der Waals surface area contributed by atoms with E-state index in [4.69, 9.17) is 10.3 Å². The molecule has 0 saturated carbocycles. The topological polar surface area (TPSA) is 51.2 Å². The van der Waals surface area contributed by atoms with Crippen LogP contribution in [0.1, 0.15) is 41.0 Å². The zero-order valence-corrected chi connectivity index (χ0v) is 11.2. The lowest BCUT2D eigenvalue weighted by atomic mass is 9.94. The zero-order valence-electron chi connectivity index (χ0n) is 11.2. The number of furan rings is 1. The van der Waals surface area contributed by atoms with E-state index in [1.54, 1.807) is 6.26 Å². The van der Waals surface area contributed by atoms with Gasteiger partial charge in [-0.1, -0.05) is 30.7 Å². The van der Waals surface area contributed by atoms with Gasteiger partial charge in [-0.3, -0.25) is 5.84 Å². The molecule has 1 heterocycles. The highest BCUT2D eigenvalue weighted by Gasteiger charge is 2.19. The molecular weight excluding hydrogens is 224 g/mol. The summed E-state index contributed by atoms with van der Waals surface area (Å²) in [5, 5.41) is 0. The van der Waals surface area contributed by atoms with Crippen LogP contribution in [0.2, 0.25) is 0 Å². The van der Waals surface area contributed by atoms with Gasteiger partial charge in [0.25, 0.3) is 0 Å². The first kappa shape index (κ1) is 12.9. The van der Waals surface area contributed by atoms with Crippen LogP contribution in [0.3, 0.4) is 0 Å². The van der Waals surface area contributed by atoms with Gasteiger partial charge in [-0.25, -0.2) is 5.43 Å². The molecule has 3 nitrogen and oxygen atoms in total. The molecule has 0 radical (unpaired) electrons. The average Bonchev–Trinajstić information content (AvgIpc) is 2.83. The van der Waals surface area contributed by atoms with E-state index in [9.17, 15) is 0 Å². The van der Waals surface area contributed by atoms with Gasteiger partial charge in [0.2, 0.25) is 0 Å². The fourth-order valence-electron chi connectivity index (χ4n) is 2.31. The maximum Gasteiger partial charge on any atom is 0.108 e. The first-order chi connectivity index (χ1) is 8.67. The Bertz CT molecular complexity index is 531. The third-order valence-corrected chi connectivity index (χ3v) is 3.32. The molecule has 96 valence electrons. The molecule has 0 aliphatic rings. The van der Waals surface area contributed by atoms with E-state index in [0.717, 1.165) is 17.7 Å². The maximum atomic E-state index is 5.75. The Balaban J connectivity index is 2.48. The Morgan fingerprint density at radius 3 is 2.67 bits per heavy atom. The van der Waals surface area contributed by atoms with E-state index in [2.05, 4.69) is 44.4 Å². The van der Waals surface area contributed by atoms with Crippen molar-refractivity contribution in [3.63, 3.8) is 0 Å². The van der Waals surface area contributed by atoms with Crippen LogP contribution >= 0.6 is 0 Å². The molecule has 0 fully saturated rings. The van der Waals surface area contributed by atoms with Crippen molar-refractivity contribution in [2.24, 2.45) is 5.84 Å². The highest BCUT2D eigenvalue weighted by atomic mass is 16.3. The second-order valence-electron chi connectivity index (χ2n) is 4.61. The normalized spacial score (nSPS) is 12.7. The molecule has 18 heavy (non-hydrogen) atoms. The van der Waals surface area contributed by atoms with Crippen molar-refractivity contribution < 1.29 is 4.42 Å². The summed E-state index contributed by atoms with van der Waals surface area (Å²) >= 11 is 0. The third-order valence-electron chi connectivity index (χ3n) is 3.32. The van der Waals surface area contributed by atoms with Crippen LogP contribution < -0.4 is 11.3 Å². The predicted molar refractivity (Wildman–Crippen MR) is 73.2 cm³/mol. The standard InChI is InChI=1S/C15H20N2O/c1-4-14-12(7-8-18-14)15(17-16)13-9-10(2)5-6-11(13)3/h5-9,15,17H,4,16H2,1-3H3. The molecule has 2 rings (SSSR count). The first-order valence-electron chi connectivity index (χ1n) is 6.27. The SMILES string of the molecule is CCc1occc1C(NN)c1cc(C)ccc1C. The molecule has 0 saturated heterocycles. The van der Waals surface area contributed by atoms with Crippen molar-refractivity contribution in [2.75, 3.05) is 0 Å². The maximum absolute atomic E-state index is 5.75. The minimum absolute atomic E-state index is 0.0152. The van der Waals surface area contributed by atoms with Crippen LogP contribution in [0.15, 0.2) is 34.9 Å². The van der Waals surface area contributed by atoms with E-state index in [1.807, 2.05) is 6.07 Å². The van der Waals surface area contributed by atoms with Crippen molar-refractivity contribution in [3.05, 3.63) is 58.5 Å². The Labute approximate surface area is 108 Å². The number of hydrogen-bond acceptors (Lipinski definition) is 3. The second-order valence-corrected chi connectivity index (χ2v) is 4.61. The summed E-state index contributed by atoms with van der Waals surface area (Å²) in [6.45, 7) is 6.27. The summed E-state index contributed by atoms with van der Waals surface area (Å²) in [5.74, 6) is 6.73. The summed E-state index contributed by atoms with van der Waals surface area (Å²) in [7, 11) is 0. The fraction of sp³-hybridized carbons (Fsp3) is 0.333. The summed E-state index contributed by atoms with van der Waals surface area (Å²) < 4.78 is 5.49. The second kappa shape index (κ2) is 5.38. The van der Waals surface area contributed by atoms with Crippen molar-refractivity contribution in [1.29, 1.82) is 0 Å². The summed E-state index contributed by atoms with van der Waals surface area (Å²) in [6, 6.07) is 8.39. The van der Waals surface area contributed by atoms with Crippen LogP contribution in [0.25, 0.3) is 0 Å². The van der Waals surface area contributed by atoms with Crippen molar-refractivity contribution in [2.45, 2.75) is 33.2 Å². The molecule has 0 aliphatic carbocycles. The highest BCUT2D eigenvalue weighted by molar-refractivity contribution is 5.39. The predicted octanol–water partition coefficient (Wildman–Crippen LogP) is 3.01. The van der Waals surface area contributed by atoms with Crippen molar-refractivity contribution in [3.8, 4) is 0 Å². The molecule has 1 atom stereocenters. The molecule has 0 amide bonds. The number of nitrogens with two attached hydrogens (primary N) is 1. The van der Waals surface area contributed by atoms with Crippen LogP contribution in [0.4, 0.5) is 0 Å². The molecule has 0 aliphatic heterocycles. The average molecular weight is 244 g/mol. The van der Waals surface area contributed by atoms with Gasteiger partial charge in [0.15, 0.2) is 0 Å². The van der Waals surface area contributed by atoms with Crippen LogP contribution in [0, 0.1) is 13.8 Å². The number of rotatable bonds is 4. The Kier molecular flexibility index (Phi) is 3.84. The number of hydrazine groups is 1. The minimum Gasteiger partial charge on any atom is -0.469 e. The molecule has 1 aromatic carbocycles. The lowest BCUT2D eigenvalue weighted by molar-refractivity contribution is 0.502. The van der Waals surface area contributed by atoms with E-state index in [0.29, 0.717) is 0 Å². The molecule has 0 bridgehead atoms. The number of benzene rings is 1. The quantitative estimate of drug-likeness (QED) is 0.642. The smallest absolute Gasteiger partial charge is 0.108 e. The molecule has 2 aromatic rings. The molecule has 0 spiro atoms. The number of aryl methyl sites for hydroxylation is 3. The Hall–Kier alpha value is -1.58. The fourth-order valence-corrected chi connectivity index (χ4v) is 2.31. The van der Waals surface area contributed by atoms with Gasteiger partial charge in [0.1, 0.15) is 5.76 Å². The van der Waals surface area contributed by atoms with Gasteiger partial charge in [0.05, 0.1) is 12.3 Å². The summed E-state index contributed by atoms with van der Waals surface area (Å²) in [6.07, 6.45) is 2.59. The zero-order chi connectivity index (χ0) is 13.1. The van der Waals surface area contributed by atoms with Crippen LogP contribution in [0.5, 0.6) is 0 Å². The monoisotopic (exact) mass is 244 g/mol. The van der Waals surface area contributed by atoms with Crippen molar-refractivity contribution in [1.82, 2.24) is 5.43 Å². The molecule has 3 N–H and O–H groups in total. The Morgan fingerprint density at radius 1 is 1.22 bits per heavy atom. The third kappa shape index (κ3) is 2.33. The first-order valence-corrected chi connectivity index (χ1v) is 6.27. The van der Waals surface area contributed by atoms with E-state index in [-0.39, 0.29) is 6.04 Å². The minimum atomic E-state index is -0.0152. The number of nitrogens with one attached hydrogen (secondary N) is 1.